The Morgan fingerprint density at radius 2 is 2.10 bits per heavy atom. The first kappa shape index (κ1) is 14.3. The summed E-state index contributed by atoms with van der Waals surface area (Å²) in [7, 11) is -2.91. The van der Waals surface area contributed by atoms with Gasteiger partial charge in [0.05, 0.1) is 22.0 Å². The predicted octanol–water partition coefficient (Wildman–Crippen LogP) is 1.08. The van der Waals surface area contributed by atoms with E-state index < -0.39 is 9.84 Å². The van der Waals surface area contributed by atoms with Gasteiger partial charge in [0, 0.05) is 12.6 Å². The molecule has 3 rings (SSSR count). The van der Waals surface area contributed by atoms with Crippen LogP contribution in [0.25, 0.3) is 11.0 Å². The Balaban J connectivity index is 1.71. The minimum absolute atomic E-state index is 0.0311. The predicted molar refractivity (Wildman–Crippen MR) is 82.1 cm³/mol. The summed E-state index contributed by atoms with van der Waals surface area (Å²) in [5.41, 5.74) is 2.34. The van der Waals surface area contributed by atoms with Crippen LogP contribution < -0.4 is 11.0 Å². The van der Waals surface area contributed by atoms with E-state index in [2.05, 4.69) is 15.3 Å². The van der Waals surface area contributed by atoms with Crippen LogP contribution in [0.3, 0.4) is 0 Å². The number of H-pyrrole nitrogens is 2. The summed E-state index contributed by atoms with van der Waals surface area (Å²) in [5.74, 6) is 0.310. The Bertz CT molecular complexity index is 806. The van der Waals surface area contributed by atoms with Crippen molar-refractivity contribution < 1.29 is 8.42 Å². The molecule has 114 valence electrons. The Morgan fingerprint density at radius 3 is 2.81 bits per heavy atom. The molecule has 21 heavy (non-hydrogen) atoms. The number of nitrogens with one attached hydrogen (secondary N) is 3. The Morgan fingerprint density at radius 1 is 1.33 bits per heavy atom. The highest BCUT2D eigenvalue weighted by molar-refractivity contribution is 7.92. The Labute approximate surface area is 122 Å². The molecule has 3 N–H and O–H groups in total. The number of benzene rings is 1. The van der Waals surface area contributed by atoms with Crippen molar-refractivity contribution in [2.45, 2.75) is 31.1 Å². The van der Waals surface area contributed by atoms with Crippen LogP contribution in [-0.4, -0.2) is 35.9 Å². The van der Waals surface area contributed by atoms with Crippen molar-refractivity contribution in [1.82, 2.24) is 15.3 Å². The van der Waals surface area contributed by atoms with E-state index in [0.717, 1.165) is 29.4 Å². The third-order valence-electron chi connectivity index (χ3n) is 4.15. The van der Waals surface area contributed by atoms with E-state index in [1.807, 2.05) is 25.1 Å². The molecule has 0 saturated carbocycles. The number of imidazole rings is 1. The van der Waals surface area contributed by atoms with Gasteiger partial charge in [-0.05, 0) is 37.5 Å². The molecule has 2 aromatic rings. The van der Waals surface area contributed by atoms with Gasteiger partial charge < -0.3 is 15.3 Å². The molecule has 1 aliphatic rings. The normalized spacial score (nSPS) is 22.6. The molecule has 0 aliphatic carbocycles. The summed E-state index contributed by atoms with van der Waals surface area (Å²) in [4.78, 5) is 16.7. The number of aromatic amines is 2. The van der Waals surface area contributed by atoms with Gasteiger partial charge in [-0.25, -0.2) is 13.2 Å². The quantitative estimate of drug-likeness (QED) is 0.788. The van der Waals surface area contributed by atoms with E-state index in [1.54, 1.807) is 0 Å². The van der Waals surface area contributed by atoms with Crippen LogP contribution >= 0.6 is 0 Å². The highest BCUT2D eigenvalue weighted by atomic mass is 32.2. The molecule has 1 saturated heterocycles. The zero-order valence-electron chi connectivity index (χ0n) is 11.8. The van der Waals surface area contributed by atoms with Gasteiger partial charge in [0.2, 0.25) is 0 Å². The lowest BCUT2D eigenvalue weighted by Crippen LogP contribution is -2.32. The van der Waals surface area contributed by atoms with E-state index in [0.29, 0.717) is 12.3 Å². The summed E-state index contributed by atoms with van der Waals surface area (Å²) in [6.07, 6.45) is 1.51. The first-order chi connectivity index (χ1) is 9.95. The molecule has 2 heterocycles. The van der Waals surface area contributed by atoms with E-state index >= 15 is 0 Å². The standard InChI is InChI=1S/C14H19N3O3S/c1-9(15-8-11-3-2-6-21(11,19)20)10-4-5-12-13(7-10)17-14(18)16-12/h4-5,7,9,11,15H,2-3,6,8H2,1H3,(H2,16,17,18). The molecule has 2 atom stereocenters. The lowest BCUT2D eigenvalue weighted by atomic mass is 10.1. The third-order valence-corrected chi connectivity index (χ3v) is 6.43. The highest BCUT2D eigenvalue weighted by Crippen LogP contribution is 2.21. The maximum atomic E-state index is 11.8. The largest absolute Gasteiger partial charge is 0.323 e. The van der Waals surface area contributed by atoms with Crippen LogP contribution in [0, 0.1) is 0 Å². The Hall–Kier alpha value is -1.60. The summed E-state index contributed by atoms with van der Waals surface area (Å²) in [5, 5.41) is 3.02. The van der Waals surface area contributed by atoms with Crippen molar-refractivity contribution in [1.29, 1.82) is 0 Å². The molecule has 0 spiro atoms. The van der Waals surface area contributed by atoms with Crippen molar-refractivity contribution in [2.24, 2.45) is 0 Å². The number of hydrogen-bond acceptors (Lipinski definition) is 4. The molecule has 7 heteroatoms. The number of aromatic nitrogens is 2. The topological polar surface area (TPSA) is 94.8 Å². The lowest BCUT2D eigenvalue weighted by Gasteiger charge is -2.17. The van der Waals surface area contributed by atoms with E-state index in [9.17, 15) is 13.2 Å². The number of rotatable bonds is 4. The second kappa shape index (κ2) is 5.31. The van der Waals surface area contributed by atoms with Gasteiger partial charge in [-0.1, -0.05) is 6.07 Å². The first-order valence-corrected chi connectivity index (χ1v) is 8.84. The fourth-order valence-electron chi connectivity index (χ4n) is 2.83. The minimum atomic E-state index is -2.91. The first-order valence-electron chi connectivity index (χ1n) is 7.12. The van der Waals surface area contributed by atoms with Gasteiger partial charge in [0.15, 0.2) is 9.84 Å². The van der Waals surface area contributed by atoms with E-state index in [4.69, 9.17) is 0 Å². The molecule has 0 amide bonds. The number of fused-ring (bicyclic) bond motifs is 1. The maximum absolute atomic E-state index is 11.8. The van der Waals surface area contributed by atoms with Gasteiger partial charge in [0.25, 0.3) is 0 Å². The molecule has 1 fully saturated rings. The zero-order chi connectivity index (χ0) is 15.0. The molecular formula is C14H19N3O3S. The minimum Gasteiger partial charge on any atom is -0.309 e. The summed E-state index contributed by atoms with van der Waals surface area (Å²) < 4.78 is 23.6. The van der Waals surface area contributed by atoms with Crippen LogP contribution in [0.1, 0.15) is 31.4 Å². The maximum Gasteiger partial charge on any atom is 0.323 e. The highest BCUT2D eigenvalue weighted by Gasteiger charge is 2.31. The fraction of sp³-hybridized carbons (Fsp3) is 0.500. The molecule has 6 nitrogen and oxygen atoms in total. The molecule has 1 aromatic carbocycles. The van der Waals surface area contributed by atoms with Crippen molar-refractivity contribution in [3.05, 3.63) is 34.2 Å². The van der Waals surface area contributed by atoms with E-state index in [1.165, 1.54) is 0 Å². The van der Waals surface area contributed by atoms with Crippen molar-refractivity contribution >= 4 is 20.9 Å². The molecule has 2 unspecified atom stereocenters. The van der Waals surface area contributed by atoms with Crippen LogP contribution in [0.2, 0.25) is 0 Å². The zero-order valence-corrected chi connectivity index (χ0v) is 12.7. The lowest BCUT2D eigenvalue weighted by molar-refractivity contribution is 0.538. The van der Waals surface area contributed by atoms with Gasteiger partial charge in [-0.3, -0.25) is 0 Å². The molecular weight excluding hydrogens is 290 g/mol. The van der Waals surface area contributed by atoms with E-state index in [-0.39, 0.29) is 17.0 Å². The Kier molecular flexibility index (Phi) is 3.62. The summed E-state index contributed by atoms with van der Waals surface area (Å²) >= 11 is 0. The molecule has 0 radical (unpaired) electrons. The van der Waals surface area contributed by atoms with Crippen LogP contribution in [0.5, 0.6) is 0 Å². The average molecular weight is 309 g/mol. The summed E-state index contributed by atoms with van der Waals surface area (Å²) in [6.45, 7) is 2.47. The van der Waals surface area contributed by atoms with Crippen LogP contribution in [-0.2, 0) is 9.84 Å². The molecule has 1 aromatic heterocycles. The van der Waals surface area contributed by atoms with Crippen molar-refractivity contribution in [2.75, 3.05) is 12.3 Å². The third kappa shape index (κ3) is 2.89. The second-order valence-corrected chi connectivity index (χ2v) is 8.05. The number of sulfone groups is 1. The number of hydrogen-bond donors (Lipinski definition) is 3. The monoisotopic (exact) mass is 309 g/mol. The SMILES string of the molecule is CC(NCC1CCCS1(=O)=O)c1ccc2[nH]c(=O)[nH]c2c1. The van der Waals surface area contributed by atoms with Crippen molar-refractivity contribution in [3.63, 3.8) is 0 Å². The smallest absolute Gasteiger partial charge is 0.309 e. The second-order valence-electron chi connectivity index (χ2n) is 5.65. The average Bonchev–Trinajstić information content (AvgIpc) is 2.96. The molecule has 1 aliphatic heterocycles. The van der Waals surface area contributed by atoms with Crippen LogP contribution in [0.4, 0.5) is 0 Å². The van der Waals surface area contributed by atoms with Crippen molar-refractivity contribution in [3.8, 4) is 0 Å². The summed E-state index contributed by atoms with van der Waals surface area (Å²) in [6, 6.07) is 5.73. The molecule has 0 bridgehead atoms. The van der Waals surface area contributed by atoms with Crippen LogP contribution in [0.15, 0.2) is 23.0 Å². The van der Waals surface area contributed by atoms with Gasteiger partial charge in [-0.2, -0.15) is 0 Å². The van der Waals surface area contributed by atoms with Gasteiger partial charge >= 0.3 is 5.69 Å². The van der Waals surface area contributed by atoms with Gasteiger partial charge in [-0.15, -0.1) is 0 Å². The van der Waals surface area contributed by atoms with Gasteiger partial charge in [0.1, 0.15) is 0 Å². The fourth-order valence-corrected chi connectivity index (χ4v) is 4.61.